The maximum Gasteiger partial charge on any atom is 0.190 e. The van der Waals surface area contributed by atoms with Crippen molar-refractivity contribution in [1.29, 1.82) is 5.26 Å². The average Bonchev–Trinajstić information content (AvgIpc) is 2.24. The molecular weight excluding hydrogens is 277 g/mol. The van der Waals surface area contributed by atoms with E-state index in [4.69, 9.17) is 40.1 Å². The first kappa shape index (κ1) is 17.4. The van der Waals surface area contributed by atoms with E-state index in [9.17, 15) is 0 Å². The zero-order valence-electron chi connectivity index (χ0n) is 10.4. The zero-order chi connectivity index (χ0) is 13.0. The van der Waals surface area contributed by atoms with E-state index in [1.54, 1.807) is 0 Å². The van der Waals surface area contributed by atoms with Crippen molar-refractivity contribution < 1.29 is 0 Å². The lowest BCUT2D eigenvalue weighted by molar-refractivity contribution is 0.554. The third kappa shape index (κ3) is 16.4. The second kappa shape index (κ2) is 11.5. The lowest BCUT2D eigenvalue weighted by Crippen LogP contribution is -2.00. The maximum absolute atomic E-state index is 8.37. The first-order valence-corrected chi connectivity index (χ1v) is 7.63. The van der Waals surface area contributed by atoms with Crippen LogP contribution in [0.4, 0.5) is 0 Å². The van der Waals surface area contributed by atoms with Gasteiger partial charge >= 0.3 is 0 Å². The lowest BCUT2D eigenvalue weighted by atomic mass is 10.1. The van der Waals surface area contributed by atoms with E-state index in [2.05, 4.69) is 6.07 Å². The molecule has 0 aliphatic rings. The van der Waals surface area contributed by atoms with Crippen LogP contribution in [0.2, 0.25) is 0 Å². The van der Waals surface area contributed by atoms with E-state index in [0.29, 0.717) is 12.8 Å². The van der Waals surface area contributed by atoms with Crippen LogP contribution in [0.1, 0.15) is 70.6 Å². The number of unbranched alkanes of at least 4 members (excludes halogenated alkanes) is 9. The topological polar surface area (TPSA) is 23.8 Å². The summed E-state index contributed by atoms with van der Waals surface area (Å²) in [5.74, 6) is 0. The Labute approximate surface area is 120 Å². The Morgan fingerprint density at radius 3 is 1.53 bits per heavy atom. The molecule has 0 unspecified atom stereocenters. The number of hydrogen-bond acceptors (Lipinski definition) is 1. The first-order chi connectivity index (χ1) is 8.06. The quantitative estimate of drug-likeness (QED) is 0.349. The SMILES string of the molecule is N#CCCCCCCCCCCCC(Cl)(Cl)Cl. The van der Waals surface area contributed by atoms with E-state index in [0.717, 1.165) is 19.3 Å². The van der Waals surface area contributed by atoms with E-state index in [1.165, 1.54) is 38.5 Å². The van der Waals surface area contributed by atoms with Crippen LogP contribution >= 0.6 is 34.8 Å². The third-order valence-electron chi connectivity index (χ3n) is 2.75. The first-order valence-electron chi connectivity index (χ1n) is 6.50. The summed E-state index contributed by atoms with van der Waals surface area (Å²) in [6.45, 7) is 0. The molecule has 0 bridgehead atoms. The van der Waals surface area contributed by atoms with Crippen molar-refractivity contribution in [3.8, 4) is 6.07 Å². The van der Waals surface area contributed by atoms with Gasteiger partial charge in [-0.1, -0.05) is 79.7 Å². The molecule has 0 rings (SSSR count). The van der Waals surface area contributed by atoms with Crippen LogP contribution < -0.4 is 0 Å². The Balaban J connectivity index is 3.02. The summed E-state index contributed by atoms with van der Waals surface area (Å²) in [5, 5.41) is 8.37. The standard InChI is InChI=1S/C13H22Cl3N/c14-13(15,16)11-9-7-5-3-1-2-4-6-8-10-12-17/h1-11H2. The molecule has 0 fully saturated rings. The summed E-state index contributed by atoms with van der Waals surface area (Å²) in [5.41, 5.74) is 0. The highest BCUT2D eigenvalue weighted by Gasteiger charge is 2.17. The molecule has 0 aliphatic heterocycles. The van der Waals surface area contributed by atoms with Crippen LogP contribution in [-0.2, 0) is 0 Å². The van der Waals surface area contributed by atoms with Gasteiger partial charge in [0.1, 0.15) is 0 Å². The monoisotopic (exact) mass is 297 g/mol. The van der Waals surface area contributed by atoms with Crippen LogP contribution in [0.3, 0.4) is 0 Å². The molecule has 0 atom stereocenters. The molecule has 0 spiro atoms. The predicted molar refractivity (Wildman–Crippen MR) is 76.7 cm³/mol. The highest BCUT2D eigenvalue weighted by atomic mass is 35.6. The van der Waals surface area contributed by atoms with Crippen LogP contribution in [-0.4, -0.2) is 3.79 Å². The predicted octanol–water partition coefficient (Wildman–Crippen LogP) is 6.17. The molecule has 0 N–H and O–H groups in total. The van der Waals surface area contributed by atoms with Gasteiger partial charge in [-0.3, -0.25) is 0 Å². The van der Waals surface area contributed by atoms with Crippen molar-refractivity contribution in [2.75, 3.05) is 0 Å². The number of nitrogens with zero attached hydrogens (tertiary/aromatic N) is 1. The number of nitriles is 1. The Morgan fingerprint density at radius 1 is 0.706 bits per heavy atom. The fourth-order valence-electron chi connectivity index (χ4n) is 1.77. The highest BCUT2D eigenvalue weighted by Crippen LogP contribution is 2.32. The number of hydrogen-bond donors (Lipinski definition) is 0. The maximum atomic E-state index is 8.37. The molecule has 0 amide bonds. The Bertz CT molecular complexity index is 206. The van der Waals surface area contributed by atoms with Gasteiger partial charge in [0.25, 0.3) is 0 Å². The summed E-state index contributed by atoms with van der Waals surface area (Å²) in [7, 11) is 0. The molecule has 0 saturated heterocycles. The van der Waals surface area contributed by atoms with E-state index in [-0.39, 0.29) is 0 Å². The number of alkyl halides is 3. The normalized spacial score (nSPS) is 11.4. The van der Waals surface area contributed by atoms with Crippen molar-refractivity contribution in [3.63, 3.8) is 0 Å². The fraction of sp³-hybridized carbons (Fsp3) is 0.923. The van der Waals surface area contributed by atoms with Gasteiger partial charge in [0, 0.05) is 6.42 Å². The average molecular weight is 299 g/mol. The lowest BCUT2D eigenvalue weighted by Gasteiger charge is -2.09. The Morgan fingerprint density at radius 2 is 1.12 bits per heavy atom. The van der Waals surface area contributed by atoms with E-state index < -0.39 is 3.79 Å². The summed E-state index contributed by atoms with van der Waals surface area (Å²) >= 11 is 17.0. The van der Waals surface area contributed by atoms with Crippen LogP contribution in [0.25, 0.3) is 0 Å². The van der Waals surface area contributed by atoms with Crippen molar-refractivity contribution in [2.45, 2.75) is 74.4 Å². The van der Waals surface area contributed by atoms with Crippen molar-refractivity contribution >= 4 is 34.8 Å². The highest BCUT2D eigenvalue weighted by molar-refractivity contribution is 6.67. The van der Waals surface area contributed by atoms with E-state index >= 15 is 0 Å². The van der Waals surface area contributed by atoms with Crippen LogP contribution in [0, 0.1) is 11.3 Å². The van der Waals surface area contributed by atoms with Gasteiger partial charge in [-0.2, -0.15) is 5.26 Å². The van der Waals surface area contributed by atoms with E-state index in [1.807, 2.05) is 0 Å². The molecule has 1 nitrogen and oxygen atoms in total. The summed E-state index contributed by atoms with van der Waals surface area (Å²) in [6.07, 6.45) is 12.1. The molecule has 0 aromatic rings. The minimum atomic E-state index is -1.07. The number of halogens is 3. The van der Waals surface area contributed by atoms with Gasteiger partial charge in [-0.25, -0.2) is 0 Å². The Hall–Kier alpha value is 0.360. The number of rotatable bonds is 10. The minimum Gasteiger partial charge on any atom is -0.198 e. The van der Waals surface area contributed by atoms with Crippen molar-refractivity contribution in [3.05, 3.63) is 0 Å². The molecular formula is C13H22Cl3N. The van der Waals surface area contributed by atoms with Crippen molar-refractivity contribution in [2.24, 2.45) is 0 Å². The van der Waals surface area contributed by atoms with Crippen LogP contribution in [0.15, 0.2) is 0 Å². The molecule has 0 heterocycles. The van der Waals surface area contributed by atoms with Gasteiger partial charge in [0.05, 0.1) is 6.07 Å². The molecule has 0 saturated carbocycles. The van der Waals surface area contributed by atoms with Gasteiger partial charge in [-0.15, -0.1) is 0 Å². The van der Waals surface area contributed by atoms with Gasteiger partial charge < -0.3 is 0 Å². The van der Waals surface area contributed by atoms with Gasteiger partial charge in [-0.05, 0) is 19.3 Å². The smallest absolute Gasteiger partial charge is 0.190 e. The second-order valence-electron chi connectivity index (χ2n) is 4.46. The summed E-state index contributed by atoms with van der Waals surface area (Å²) in [4.78, 5) is 0. The molecule has 0 radical (unpaired) electrons. The molecule has 0 aliphatic carbocycles. The van der Waals surface area contributed by atoms with Gasteiger partial charge in [0.2, 0.25) is 0 Å². The summed E-state index contributed by atoms with van der Waals surface area (Å²) in [6, 6.07) is 2.17. The second-order valence-corrected chi connectivity index (χ2v) is 6.97. The molecule has 4 heteroatoms. The molecule has 17 heavy (non-hydrogen) atoms. The largest absolute Gasteiger partial charge is 0.198 e. The van der Waals surface area contributed by atoms with Gasteiger partial charge in [0.15, 0.2) is 3.79 Å². The zero-order valence-corrected chi connectivity index (χ0v) is 12.6. The fourth-order valence-corrected chi connectivity index (χ4v) is 2.17. The Kier molecular flexibility index (Phi) is 11.7. The molecule has 0 aromatic carbocycles. The van der Waals surface area contributed by atoms with Crippen molar-refractivity contribution in [1.82, 2.24) is 0 Å². The van der Waals surface area contributed by atoms with Crippen LogP contribution in [0.5, 0.6) is 0 Å². The third-order valence-corrected chi connectivity index (χ3v) is 3.32. The molecule has 100 valence electrons. The summed E-state index contributed by atoms with van der Waals surface area (Å²) < 4.78 is -1.07. The molecule has 0 aromatic heterocycles. The minimum absolute atomic E-state index is 0.659.